The number of aromatic nitrogens is 2. The lowest BCUT2D eigenvalue weighted by atomic mass is 10.0. The molecular weight excluding hydrogens is 284 g/mol. The quantitative estimate of drug-likeness (QED) is 0.708. The van der Waals surface area contributed by atoms with Gasteiger partial charge in [-0.05, 0) is 43.7 Å². The van der Waals surface area contributed by atoms with Gasteiger partial charge in [-0.3, -0.25) is 0 Å². The Bertz CT molecular complexity index is 644. The number of fused-ring (bicyclic) bond motifs is 1. The first-order valence-corrected chi connectivity index (χ1v) is 8.20. The Morgan fingerprint density at radius 2 is 2.19 bits per heavy atom. The van der Waals surface area contributed by atoms with Gasteiger partial charge in [0.05, 0.1) is 23.5 Å². The zero-order chi connectivity index (χ0) is 15.0. The summed E-state index contributed by atoms with van der Waals surface area (Å²) in [5.41, 5.74) is 2.61. The number of hydrogen-bond donors (Lipinski definition) is 0. The largest absolute Gasteiger partial charge is 0.497 e. The monoisotopic (exact) mass is 306 g/mol. The fraction of sp³-hybridized carbons (Fsp3) is 0.588. The summed E-state index contributed by atoms with van der Waals surface area (Å²) >= 11 is 6.37. The standard InChI is InChI=1S/C17H23ClN2O/c1-4-7-17(8-9-17)11-20-15-10-13(21-3)5-6-14(15)19-16(20)12(2)18/h5-6,10,12H,4,7-9,11H2,1-3H3. The molecule has 2 aromatic rings. The number of nitrogens with zero attached hydrogens (tertiary/aromatic N) is 2. The van der Waals surface area contributed by atoms with Gasteiger partial charge >= 0.3 is 0 Å². The zero-order valence-corrected chi connectivity index (χ0v) is 13.8. The Labute approximate surface area is 131 Å². The highest BCUT2D eigenvalue weighted by molar-refractivity contribution is 6.20. The highest BCUT2D eigenvalue weighted by Gasteiger charge is 2.42. The third kappa shape index (κ3) is 2.76. The number of benzene rings is 1. The van der Waals surface area contributed by atoms with Crippen molar-refractivity contribution in [3.63, 3.8) is 0 Å². The lowest BCUT2D eigenvalue weighted by Gasteiger charge is -2.18. The van der Waals surface area contributed by atoms with Crippen molar-refractivity contribution < 1.29 is 4.74 Å². The summed E-state index contributed by atoms with van der Waals surface area (Å²) < 4.78 is 7.68. The minimum absolute atomic E-state index is 0.0826. The van der Waals surface area contributed by atoms with Crippen LogP contribution < -0.4 is 4.74 Å². The number of imidazole rings is 1. The van der Waals surface area contributed by atoms with Crippen molar-refractivity contribution in [3.8, 4) is 5.75 Å². The zero-order valence-electron chi connectivity index (χ0n) is 13.0. The van der Waals surface area contributed by atoms with Crippen molar-refractivity contribution in [2.75, 3.05) is 7.11 Å². The van der Waals surface area contributed by atoms with E-state index in [0.29, 0.717) is 5.41 Å². The van der Waals surface area contributed by atoms with Crippen LogP contribution in [0.25, 0.3) is 11.0 Å². The van der Waals surface area contributed by atoms with Gasteiger partial charge < -0.3 is 9.30 Å². The molecule has 0 N–H and O–H groups in total. The smallest absolute Gasteiger partial charge is 0.127 e. The first-order chi connectivity index (χ1) is 10.1. The summed E-state index contributed by atoms with van der Waals surface area (Å²) in [7, 11) is 1.70. The number of halogens is 1. The van der Waals surface area contributed by atoms with E-state index < -0.39 is 0 Å². The van der Waals surface area contributed by atoms with Crippen LogP contribution in [0.2, 0.25) is 0 Å². The van der Waals surface area contributed by atoms with Crippen LogP contribution in [0, 0.1) is 5.41 Å². The van der Waals surface area contributed by atoms with Crippen LogP contribution in [0.1, 0.15) is 50.7 Å². The Balaban J connectivity index is 2.06. The van der Waals surface area contributed by atoms with Gasteiger partial charge in [0, 0.05) is 12.6 Å². The molecule has 3 rings (SSSR count). The van der Waals surface area contributed by atoms with Crippen LogP contribution in [0.15, 0.2) is 18.2 Å². The van der Waals surface area contributed by atoms with E-state index in [4.69, 9.17) is 21.3 Å². The van der Waals surface area contributed by atoms with E-state index in [2.05, 4.69) is 17.6 Å². The molecule has 1 aliphatic rings. The second-order valence-electron chi connectivity index (χ2n) is 6.28. The van der Waals surface area contributed by atoms with Crippen LogP contribution in [0.3, 0.4) is 0 Å². The van der Waals surface area contributed by atoms with Crippen LogP contribution >= 0.6 is 11.6 Å². The normalized spacial score (nSPS) is 17.9. The second-order valence-corrected chi connectivity index (χ2v) is 6.93. The lowest BCUT2D eigenvalue weighted by Crippen LogP contribution is -2.14. The van der Waals surface area contributed by atoms with Crippen molar-refractivity contribution in [1.82, 2.24) is 9.55 Å². The molecule has 1 heterocycles. The van der Waals surface area contributed by atoms with Gasteiger partial charge in [0.2, 0.25) is 0 Å². The van der Waals surface area contributed by atoms with E-state index in [9.17, 15) is 0 Å². The fourth-order valence-corrected chi connectivity index (χ4v) is 3.41. The number of ether oxygens (including phenoxy) is 1. The van der Waals surface area contributed by atoms with Crippen LogP contribution in [-0.2, 0) is 6.54 Å². The third-order valence-electron chi connectivity index (χ3n) is 4.57. The SMILES string of the molecule is CCCC1(Cn2c(C(C)Cl)nc3ccc(OC)cc32)CC1. The Morgan fingerprint density at radius 3 is 2.76 bits per heavy atom. The maximum absolute atomic E-state index is 6.37. The molecule has 1 aliphatic carbocycles. The van der Waals surface area contributed by atoms with E-state index >= 15 is 0 Å². The molecule has 0 amide bonds. The molecule has 0 bridgehead atoms. The predicted molar refractivity (Wildman–Crippen MR) is 87.1 cm³/mol. The predicted octanol–water partition coefficient (Wildman–Crippen LogP) is 4.93. The van der Waals surface area contributed by atoms with Gasteiger partial charge in [-0.15, -0.1) is 11.6 Å². The van der Waals surface area contributed by atoms with Crippen molar-refractivity contribution in [1.29, 1.82) is 0 Å². The van der Waals surface area contributed by atoms with Gasteiger partial charge in [-0.25, -0.2) is 4.98 Å². The van der Waals surface area contributed by atoms with Gasteiger partial charge in [-0.2, -0.15) is 0 Å². The number of rotatable bonds is 6. The molecule has 0 radical (unpaired) electrons. The average Bonchev–Trinajstić information content (AvgIpc) is 3.13. The third-order valence-corrected chi connectivity index (χ3v) is 4.77. The molecule has 4 heteroatoms. The van der Waals surface area contributed by atoms with Gasteiger partial charge in [0.25, 0.3) is 0 Å². The van der Waals surface area contributed by atoms with E-state index in [1.165, 1.54) is 25.7 Å². The molecule has 1 fully saturated rings. The van der Waals surface area contributed by atoms with E-state index in [-0.39, 0.29) is 5.38 Å². The van der Waals surface area contributed by atoms with Crippen molar-refractivity contribution in [2.45, 2.75) is 51.5 Å². The topological polar surface area (TPSA) is 27.1 Å². The summed E-state index contributed by atoms with van der Waals surface area (Å²) in [6, 6.07) is 6.06. The summed E-state index contributed by atoms with van der Waals surface area (Å²) in [4.78, 5) is 4.74. The maximum Gasteiger partial charge on any atom is 0.127 e. The molecule has 114 valence electrons. The van der Waals surface area contributed by atoms with Crippen molar-refractivity contribution >= 4 is 22.6 Å². The molecule has 1 aromatic carbocycles. The molecule has 0 saturated heterocycles. The summed E-state index contributed by atoms with van der Waals surface area (Å²) in [5.74, 6) is 1.85. The molecule has 0 spiro atoms. The number of hydrogen-bond acceptors (Lipinski definition) is 2. The second kappa shape index (κ2) is 5.53. The van der Waals surface area contributed by atoms with Crippen LogP contribution in [0.5, 0.6) is 5.75 Å². The Hall–Kier alpha value is -1.22. The first kappa shape index (κ1) is 14.7. The molecule has 1 saturated carbocycles. The highest BCUT2D eigenvalue weighted by Crippen LogP contribution is 2.51. The molecule has 1 atom stereocenters. The number of alkyl halides is 1. The Kier molecular flexibility index (Phi) is 3.87. The molecule has 3 nitrogen and oxygen atoms in total. The summed E-state index contributed by atoms with van der Waals surface area (Å²) in [6.45, 7) is 5.28. The average molecular weight is 307 g/mol. The summed E-state index contributed by atoms with van der Waals surface area (Å²) in [6.07, 6.45) is 5.16. The minimum Gasteiger partial charge on any atom is -0.497 e. The van der Waals surface area contributed by atoms with E-state index in [1.807, 2.05) is 19.1 Å². The maximum atomic E-state index is 6.37. The van der Waals surface area contributed by atoms with E-state index in [0.717, 1.165) is 29.2 Å². The van der Waals surface area contributed by atoms with Gasteiger partial charge in [0.1, 0.15) is 11.6 Å². The molecule has 1 aromatic heterocycles. The summed E-state index contributed by atoms with van der Waals surface area (Å²) in [5, 5.41) is -0.0826. The minimum atomic E-state index is -0.0826. The molecule has 1 unspecified atom stereocenters. The highest BCUT2D eigenvalue weighted by atomic mass is 35.5. The molecule has 21 heavy (non-hydrogen) atoms. The first-order valence-electron chi connectivity index (χ1n) is 7.77. The Morgan fingerprint density at radius 1 is 1.43 bits per heavy atom. The van der Waals surface area contributed by atoms with Crippen molar-refractivity contribution in [2.24, 2.45) is 5.41 Å². The van der Waals surface area contributed by atoms with Crippen molar-refractivity contribution in [3.05, 3.63) is 24.0 Å². The van der Waals surface area contributed by atoms with Gasteiger partial charge in [-0.1, -0.05) is 13.3 Å². The van der Waals surface area contributed by atoms with Crippen LogP contribution in [-0.4, -0.2) is 16.7 Å². The fourth-order valence-electron chi connectivity index (χ4n) is 3.25. The number of methoxy groups -OCH3 is 1. The van der Waals surface area contributed by atoms with Gasteiger partial charge in [0.15, 0.2) is 0 Å². The van der Waals surface area contributed by atoms with E-state index in [1.54, 1.807) is 7.11 Å². The molecular formula is C17H23ClN2O. The molecule has 0 aliphatic heterocycles. The van der Waals surface area contributed by atoms with Crippen LogP contribution in [0.4, 0.5) is 0 Å². The lowest BCUT2D eigenvalue weighted by molar-refractivity contribution is 0.386.